The van der Waals surface area contributed by atoms with Gasteiger partial charge in [0, 0.05) is 0 Å². The number of hydrogen-bond donors (Lipinski definition) is 1. The van der Waals surface area contributed by atoms with Crippen LogP contribution in [-0.2, 0) is 4.79 Å². The fourth-order valence-electron chi connectivity index (χ4n) is 0.189. The zero-order valence-electron chi connectivity index (χ0n) is 4.18. The summed E-state index contributed by atoms with van der Waals surface area (Å²) in [5.74, 6) is 1.36. The molecule has 0 aliphatic rings. The second kappa shape index (κ2) is 4.16. The second-order valence-corrected chi connectivity index (χ2v) is 3.20. The van der Waals surface area contributed by atoms with Crippen LogP contribution < -0.4 is 0 Å². The van der Waals surface area contributed by atoms with Crippen molar-refractivity contribution in [3.8, 4) is 0 Å². The molecule has 0 saturated heterocycles. The molecule has 0 unspecified atom stereocenters. The van der Waals surface area contributed by atoms with Gasteiger partial charge in [0.05, 0.1) is 0 Å². The molecule has 0 aliphatic carbocycles. The van der Waals surface area contributed by atoms with Crippen LogP contribution >= 0.6 is 0 Å². The molecule has 0 bridgehead atoms. The van der Waals surface area contributed by atoms with E-state index in [-0.39, 0.29) is 0 Å². The third-order valence-corrected chi connectivity index (χ3v) is 1.80. The molecule has 0 aromatic rings. The maximum absolute atomic E-state index is 9.77. The Kier molecular flexibility index (Phi) is 4.15. The van der Waals surface area contributed by atoms with Gasteiger partial charge in [-0.05, 0) is 0 Å². The third kappa shape index (κ3) is 5.99. The van der Waals surface area contributed by atoms with Gasteiger partial charge in [0.1, 0.15) is 0 Å². The first kappa shape index (κ1) is 6.99. The average molecular weight is 167 g/mol. The molecule has 0 aromatic heterocycles. The van der Waals surface area contributed by atoms with Crippen molar-refractivity contribution in [2.45, 2.75) is 17.6 Å². The normalized spacial score (nSPS) is 8.71. The molecule has 0 atom stereocenters. The van der Waals surface area contributed by atoms with Crippen LogP contribution in [0.25, 0.3) is 0 Å². The van der Waals surface area contributed by atoms with Crippen molar-refractivity contribution >= 4 is 20.9 Å². The van der Waals surface area contributed by atoms with E-state index in [0.29, 0.717) is 21.4 Å². The molecule has 0 amide bonds. The topological polar surface area (TPSA) is 37.3 Å². The number of carboxylic acids is 1. The molecule has 3 heteroatoms. The summed E-state index contributed by atoms with van der Waals surface area (Å²) in [6.07, 6.45) is 0.344. The van der Waals surface area contributed by atoms with Crippen LogP contribution in [-0.4, -0.2) is 26.0 Å². The van der Waals surface area contributed by atoms with Gasteiger partial charge < -0.3 is 0 Å². The van der Waals surface area contributed by atoms with E-state index in [1.165, 1.54) is 0 Å². The molecule has 0 saturated carbocycles. The van der Waals surface area contributed by atoms with Crippen molar-refractivity contribution in [3.05, 3.63) is 0 Å². The molecule has 0 heterocycles. The van der Waals surface area contributed by atoms with E-state index in [9.17, 15) is 4.79 Å². The molecule has 0 spiro atoms. The Balaban J connectivity index is 2.82. The van der Waals surface area contributed by atoms with Crippen molar-refractivity contribution < 1.29 is 9.90 Å². The summed E-state index contributed by atoms with van der Waals surface area (Å²) in [4.78, 5) is 9.77. The Labute approximate surface area is 49.1 Å². The molecule has 2 nitrogen and oxygen atoms in total. The third-order valence-electron chi connectivity index (χ3n) is 0.520. The Morgan fingerprint density at radius 3 is 2.57 bits per heavy atom. The SMILES string of the molecule is C[Se]CCC(=O)O. The standard InChI is InChI=1S/C4H8O2Se/c1-7-3-2-4(5)6/h2-3H2,1H3,(H,5,6). The number of carbonyl (C=O) groups is 1. The van der Waals surface area contributed by atoms with Crippen LogP contribution in [0.4, 0.5) is 0 Å². The van der Waals surface area contributed by atoms with E-state index in [1.54, 1.807) is 0 Å². The summed E-state index contributed by atoms with van der Waals surface area (Å²) in [5.41, 5.74) is 0. The monoisotopic (exact) mass is 168 g/mol. The van der Waals surface area contributed by atoms with Crippen molar-refractivity contribution in [2.75, 3.05) is 0 Å². The minimum absolute atomic E-state index is 0.344. The number of rotatable bonds is 3. The van der Waals surface area contributed by atoms with E-state index in [2.05, 4.69) is 0 Å². The molecular formula is C4H8O2Se. The van der Waals surface area contributed by atoms with E-state index >= 15 is 0 Å². The maximum atomic E-state index is 9.77. The molecule has 0 rings (SSSR count). The van der Waals surface area contributed by atoms with Gasteiger partial charge >= 0.3 is 48.4 Å². The summed E-state index contributed by atoms with van der Waals surface area (Å²) >= 11 is 0.526. The van der Waals surface area contributed by atoms with Crippen LogP contribution in [0.1, 0.15) is 6.42 Å². The van der Waals surface area contributed by atoms with Gasteiger partial charge in [0.15, 0.2) is 0 Å². The molecule has 0 fully saturated rings. The molecule has 0 radical (unpaired) electrons. The first-order valence-electron chi connectivity index (χ1n) is 1.98. The van der Waals surface area contributed by atoms with Gasteiger partial charge in [-0.25, -0.2) is 0 Å². The van der Waals surface area contributed by atoms with Crippen molar-refractivity contribution in [3.63, 3.8) is 0 Å². The van der Waals surface area contributed by atoms with E-state index in [0.717, 1.165) is 5.32 Å². The summed E-state index contributed by atoms with van der Waals surface area (Å²) in [7, 11) is 0. The minimum atomic E-state index is -0.677. The quantitative estimate of drug-likeness (QED) is 0.626. The van der Waals surface area contributed by atoms with Crippen LogP contribution in [0.5, 0.6) is 0 Å². The van der Waals surface area contributed by atoms with E-state index < -0.39 is 5.97 Å². The zero-order valence-corrected chi connectivity index (χ0v) is 5.89. The van der Waals surface area contributed by atoms with Crippen LogP contribution in [0.3, 0.4) is 0 Å². The van der Waals surface area contributed by atoms with Gasteiger partial charge in [-0.15, -0.1) is 0 Å². The average Bonchev–Trinajstić information content (AvgIpc) is 1.61. The molecule has 0 aromatic carbocycles. The number of aliphatic carboxylic acids is 1. The summed E-state index contributed by atoms with van der Waals surface area (Å²) in [5, 5.41) is 8.92. The van der Waals surface area contributed by atoms with Gasteiger partial charge in [0.2, 0.25) is 0 Å². The van der Waals surface area contributed by atoms with Crippen LogP contribution in [0.15, 0.2) is 0 Å². The Morgan fingerprint density at radius 2 is 2.43 bits per heavy atom. The van der Waals surface area contributed by atoms with Crippen LogP contribution in [0, 0.1) is 0 Å². The van der Waals surface area contributed by atoms with Gasteiger partial charge in [-0.1, -0.05) is 0 Å². The molecular weight excluding hydrogens is 159 g/mol. The van der Waals surface area contributed by atoms with Gasteiger partial charge in [0.25, 0.3) is 0 Å². The van der Waals surface area contributed by atoms with Crippen molar-refractivity contribution in [2.24, 2.45) is 0 Å². The number of carboxylic acid groups (broad SMARTS) is 1. The van der Waals surface area contributed by atoms with E-state index in [4.69, 9.17) is 5.11 Å². The first-order chi connectivity index (χ1) is 3.27. The first-order valence-corrected chi connectivity index (χ1v) is 4.90. The second-order valence-electron chi connectivity index (χ2n) is 1.14. The predicted octanol–water partition coefficient (Wildman–Crippen LogP) is 0.632. The molecule has 0 aliphatic heterocycles. The Morgan fingerprint density at radius 1 is 1.86 bits per heavy atom. The summed E-state index contributed by atoms with van der Waals surface area (Å²) < 4.78 is 0. The van der Waals surface area contributed by atoms with Crippen molar-refractivity contribution in [1.82, 2.24) is 0 Å². The summed E-state index contributed by atoms with van der Waals surface area (Å²) in [6.45, 7) is 0. The Hall–Kier alpha value is -0.0105. The van der Waals surface area contributed by atoms with Gasteiger partial charge in [-0.3, -0.25) is 0 Å². The fourth-order valence-corrected chi connectivity index (χ4v) is 0.984. The van der Waals surface area contributed by atoms with E-state index in [1.807, 2.05) is 5.82 Å². The van der Waals surface area contributed by atoms with Gasteiger partial charge in [-0.2, -0.15) is 0 Å². The zero-order chi connectivity index (χ0) is 5.70. The Bertz CT molecular complexity index is 62.7. The van der Waals surface area contributed by atoms with Crippen LogP contribution in [0.2, 0.25) is 11.1 Å². The number of hydrogen-bond acceptors (Lipinski definition) is 1. The van der Waals surface area contributed by atoms with Crippen molar-refractivity contribution in [1.29, 1.82) is 0 Å². The fraction of sp³-hybridized carbons (Fsp3) is 0.750. The molecule has 7 heavy (non-hydrogen) atoms. The molecule has 1 N–H and O–H groups in total. The predicted molar refractivity (Wildman–Crippen MR) is 28.7 cm³/mol. The summed E-state index contributed by atoms with van der Waals surface area (Å²) in [6, 6.07) is 0. The molecule has 42 valence electrons.